The molecule has 9 heteroatoms. The summed E-state index contributed by atoms with van der Waals surface area (Å²) in [5.41, 5.74) is 0.306. The van der Waals surface area contributed by atoms with E-state index in [1.807, 2.05) is 0 Å². The maximum absolute atomic E-state index is 12.3. The summed E-state index contributed by atoms with van der Waals surface area (Å²) < 4.78 is 40.9. The van der Waals surface area contributed by atoms with E-state index in [4.69, 9.17) is 0 Å². The van der Waals surface area contributed by atoms with Crippen molar-refractivity contribution >= 4 is 5.91 Å². The van der Waals surface area contributed by atoms with Crippen LogP contribution >= 0.6 is 0 Å². The van der Waals surface area contributed by atoms with Gasteiger partial charge >= 0.3 is 6.36 Å². The van der Waals surface area contributed by atoms with Crippen molar-refractivity contribution in [2.24, 2.45) is 0 Å². The van der Waals surface area contributed by atoms with Crippen molar-refractivity contribution in [3.63, 3.8) is 0 Å². The smallest absolute Gasteiger partial charge is 0.405 e. The van der Waals surface area contributed by atoms with Gasteiger partial charge in [-0.05, 0) is 6.07 Å². The zero-order valence-corrected chi connectivity index (χ0v) is 10.9. The van der Waals surface area contributed by atoms with Gasteiger partial charge in [-0.3, -0.25) is 4.79 Å². The molecular weight excluding hydrogens is 289 g/mol. The Bertz CT molecular complexity index is 613. The van der Waals surface area contributed by atoms with E-state index >= 15 is 0 Å². The van der Waals surface area contributed by atoms with Crippen molar-refractivity contribution in [1.29, 1.82) is 0 Å². The summed E-state index contributed by atoms with van der Waals surface area (Å²) in [7, 11) is 1.45. The van der Waals surface area contributed by atoms with Gasteiger partial charge in [-0.15, -0.1) is 13.2 Å². The van der Waals surface area contributed by atoms with E-state index in [-0.39, 0.29) is 23.6 Å². The number of para-hydroxylation sites is 1. The number of benzene rings is 1. The van der Waals surface area contributed by atoms with Crippen LogP contribution in [0.15, 0.2) is 30.5 Å². The molecule has 0 radical (unpaired) electrons. The number of H-pyrrole nitrogens is 1. The van der Waals surface area contributed by atoms with Gasteiger partial charge in [-0.25, -0.2) is 0 Å². The van der Waals surface area contributed by atoms with Gasteiger partial charge in [0.15, 0.2) is 5.69 Å². The minimum atomic E-state index is -4.79. The summed E-state index contributed by atoms with van der Waals surface area (Å²) in [6.45, 7) is -0.0576. The van der Waals surface area contributed by atoms with Gasteiger partial charge in [-0.2, -0.15) is 15.4 Å². The zero-order chi connectivity index (χ0) is 15.5. The standard InChI is InChI=1S/C12H11F3N4O2/c1-19(11(20)9-6-16-18-17-9)7-8-4-2-3-5-10(8)21-12(13,14)15/h2-6H,7H2,1H3,(H,16,17,18). The summed E-state index contributed by atoms with van der Waals surface area (Å²) in [6, 6.07) is 5.63. The molecule has 112 valence electrons. The number of amides is 1. The Balaban J connectivity index is 2.14. The number of nitrogens with zero attached hydrogens (tertiary/aromatic N) is 3. The maximum atomic E-state index is 12.3. The average Bonchev–Trinajstić information content (AvgIpc) is 2.92. The van der Waals surface area contributed by atoms with Crippen LogP contribution in [-0.2, 0) is 6.54 Å². The molecule has 1 heterocycles. The van der Waals surface area contributed by atoms with Crippen LogP contribution in [0.5, 0.6) is 5.75 Å². The Kier molecular flexibility index (Phi) is 4.10. The van der Waals surface area contributed by atoms with Crippen LogP contribution in [0.1, 0.15) is 16.1 Å². The molecular formula is C12H11F3N4O2. The molecule has 0 saturated carbocycles. The average molecular weight is 300 g/mol. The lowest BCUT2D eigenvalue weighted by atomic mass is 10.2. The number of halogens is 3. The van der Waals surface area contributed by atoms with E-state index in [2.05, 4.69) is 20.1 Å². The normalized spacial score (nSPS) is 11.2. The Morgan fingerprint density at radius 1 is 1.38 bits per heavy atom. The number of nitrogens with one attached hydrogen (secondary N) is 1. The molecule has 1 N–H and O–H groups in total. The van der Waals surface area contributed by atoms with E-state index in [9.17, 15) is 18.0 Å². The fraction of sp³-hybridized carbons (Fsp3) is 0.250. The highest BCUT2D eigenvalue weighted by Crippen LogP contribution is 2.27. The Morgan fingerprint density at radius 3 is 2.71 bits per heavy atom. The van der Waals surface area contributed by atoms with Crippen molar-refractivity contribution in [1.82, 2.24) is 20.3 Å². The molecule has 0 bridgehead atoms. The van der Waals surface area contributed by atoms with Crippen molar-refractivity contribution in [3.05, 3.63) is 41.7 Å². The molecule has 0 saturated heterocycles. The molecule has 6 nitrogen and oxygen atoms in total. The van der Waals surface area contributed by atoms with Gasteiger partial charge in [-0.1, -0.05) is 18.2 Å². The molecule has 0 fully saturated rings. The molecule has 1 aromatic heterocycles. The van der Waals surface area contributed by atoms with E-state index in [0.717, 1.165) is 0 Å². The summed E-state index contributed by atoms with van der Waals surface area (Å²) in [5, 5.41) is 9.41. The number of alkyl halides is 3. The molecule has 2 aromatic rings. The molecule has 0 aliphatic carbocycles. The summed E-state index contributed by atoms with van der Waals surface area (Å²) in [6.07, 6.45) is -3.55. The van der Waals surface area contributed by atoms with Crippen LogP contribution in [0.25, 0.3) is 0 Å². The van der Waals surface area contributed by atoms with Crippen LogP contribution in [0.3, 0.4) is 0 Å². The number of aromatic nitrogens is 3. The number of carbonyl (C=O) groups excluding carboxylic acids is 1. The van der Waals surface area contributed by atoms with Crippen LogP contribution < -0.4 is 4.74 Å². The van der Waals surface area contributed by atoms with E-state index < -0.39 is 12.3 Å². The Labute approximate surface area is 117 Å². The number of hydrogen-bond donors (Lipinski definition) is 1. The minimum Gasteiger partial charge on any atom is -0.405 e. The van der Waals surface area contributed by atoms with Gasteiger partial charge in [0.25, 0.3) is 5.91 Å². The molecule has 1 aromatic carbocycles. The first kappa shape index (κ1) is 14.8. The van der Waals surface area contributed by atoms with E-state index in [0.29, 0.717) is 0 Å². The van der Waals surface area contributed by atoms with E-state index in [1.165, 1.54) is 36.3 Å². The van der Waals surface area contributed by atoms with Gasteiger partial charge in [0.2, 0.25) is 0 Å². The molecule has 0 aliphatic heterocycles. The number of carbonyl (C=O) groups is 1. The molecule has 0 unspecified atom stereocenters. The number of aromatic amines is 1. The highest BCUT2D eigenvalue weighted by Gasteiger charge is 2.32. The second kappa shape index (κ2) is 5.81. The first-order valence-corrected chi connectivity index (χ1v) is 5.81. The molecule has 0 aliphatic rings. The number of ether oxygens (including phenoxy) is 1. The summed E-state index contributed by atoms with van der Waals surface area (Å²) in [5.74, 6) is -0.810. The second-order valence-corrected chi connectivity index (χ2v) is 4.17. The van der Waals surface area contributed by atoms with Gasteiger partial charge < -0.3 is 9.64 Å². The Morgan fingerprint density at radius 2 is 2.10 bits per heavy atom. The minimum absolute atomic E-state index is 0.0576. The summed E-state index contributed by atoms with van der Waals surface area (Å²) in [4.78, 5) is 13.2. The first-order chi connectivity index (χ1) is 9.87. The molecule has 1 amide bonds. The first-order valence-electron chi connectivity index (χ1n) is 5.81. The fourth-order valence-corrected chi connectivity index (χ4v) is 1.69. The zero-order valence-electron chi connectivity index (χ0n) is 10.9. The topological polar surface area (TPSA) is 71.1 Å². The van der Waals surface area contributed by atoms with Crippen molar-refractivity contribution in [3.8, 4) is 5.75 Å². The highest BCUT2D eigenvalue weighted by molar-refractivity contribution is 5.91. The van der Waals surface area contributed by atoms with Crippen LogP contribution in [0, 0.1) is 0 Å². The van der Waals surface area contributed by atoms with Gasteiger partial charge in [0.05, 0.1) is 6.20 Å². The van der Waals surface area contributed by atoms with Crippen LogP contribution in [-0.4, -0.2) is 39.6 Å². The molecule has 0 spiro atoms. The predicted octanol–water partition coefficient (Wildman–Crippen LogP) is 1.98. The van der Waals surface area contributed by atoms with Gasteiger partial charge in [0, 0.05) is 19.2 Å². The number of hydrogen-bond acceptors (Lipinski definition) is 4. The lowest BCUT2D eigenvalue weighted by Crippen LogP contribution is -2.27. The monoisotopic (exact) mass is 300 g/mol. The molecule has 21 heavy (non-hydrogen) atoms. The summed E-state index contributed by atoms with van der Waals surface area (Å²) >= 11 is 0. The van der Waals surface area contributed by atoms with Crippen LogP contribution in [0.4, 0.5) is 13.2 Å². The van der Waals surface area contributed by atoms with Crippen molar-refractivity contribution < 1.29 is 22.7 Å². The predicted molar refractivity (Wildman–Crippen MR) is 65.3 cm³/mol. The van der Waals surface area contributed by atoms with E-state index in [1.54, 1.807) is 6.07 Å². The highest BCUT2D eigenvalue weighted by atomic mass is 19.4. The maximum Gasteiger partial charge on any atom is 0.573 e. The largest absolute Gasteiger partial charge is 0.573 e. The lowest BCUT2D eigenvalue weighted by Gasteiger charge is -2.18. The SMILES string of the molecule is CN(Cc1ccccc1OC(F)(F)F)C(=O)c1cn[nH]n1. The fourth-order valence-electron chi connectivity index (χ4n) is 1.69. The van der Waals surface area contributed by atoms with Gasteiger partial charge in [0.1, 0.15) is 5.75 Å². The van der Waals surface area contributed by atoms with Crippen LogP contribution in [0.2, 0.25) is 0 Å². The van der Waals surface area contributed by atoms with Crippen molar-refractivity contribution in [2.75, 3.05) is 7.05 Å². The lowest BCUT2D eigenvalue weighted by molar-refractivity contribution is -0.274. The van der Waals surface area contributed by atoms with Crippen molar-refractivity contribution in [2.45, 2.75) is 12.9 Å². The molecule has 2 rings (SSSR count). The third-order valence-corrected chi connectivity index (χ3v) is 2.59. The third-order valence-electron chi connectivity index (χ3n) is 2.59. The number of rotatable bonds is 4. The quantitative estimate of drug-likeness (QED) is 0.937. The second-order valence-electron chi connectivity index (χ2n) is 4.17. The third kappa shape index (κ3) is 3.94. The molecule has 0 atom stereocenters. The Hall–Kier alpha value is -2.58.